The van der Waals surface area contributed by atoms with E-state index in [1.54, 1.807) is 0 Å². The first-order valence-electron chi connectivity index (χ1n) is 5.78. The molecule has 0 saturated carbocycles. The minimum atomic E-state index is 0.223. The van der Waals surface area contributed by atoms with Crippen LogP contribution in [0.15, 0.2) is 0 Å². The van der Waals surface area contributed by atoms with Crippen LogP contribution < -0.4 is 10.1 Å². The maximum Gasteiger partial charge on any atom is 0.222 e. The topological polar surface area (TPSA) is 47.0 Å². The molecule has 0 amide bonds. The van der Waals surface area contributed by atoms with Crippen LogP contribution in [-0.4, -0.2) is 23.1 Å². The summed E-state index contributed by atoms with van der Waals surface area (Å²) >= 11 is 0. The van der Waals surface area contributed by atoms with Crippen LogP contribution in [0.25, 0.3) is 0 Å². The highest BCUT2D eigenvalue weighted by Gasteiger charge is 2.13. The standard InChI is InChI=1S/C13H19N3O/c1-6-8-17-13-10(5)12(14-7-2)15-11(16-13)9(3)4/h1,9H,7-8H2,2-5H3,(H,14,15,16). The Bertz CT molecular complexity index is 421. The molecular weight excluding hydrogens is 214 g/mol. The molecule has 0 atom stereocenters. The van der Waals surface area contributed by atoms with E-state index >= 15 is 0 Å². The Labute approximate surface area is 103 Å². The average molecular weight is 233 g/mol. The van der Waals surface area contributed by atoms with Gasteiger partial charge in [-0.2, -0.15) is 4.98 Å². The van der Waals surface area contributed by atoms with Gasteiger partial charge >= 0.3 is 0 Å². The third-order valence-electron chi connectivity index (χ3n) is 2.27. The smallest absolute Gasteiger partial charge is 0.222 e. The third kappa shape index (κ3) is 3.35. The number of hydrogen-bond acceptors (Lipinski definition) is 4. The Morgan fingerprint density at radius 2 is 2.12 bits per heavy atom. The molecule has 0 aromatic carbocycles. The zero-order valence-electron chi connectivity index (χ0n) is 10.9. The van der Waals surface area contributed by atoms with Crippen LogP contribution in [0.1, 0.15) is 38.1 Å². The monoisotopic (exact) mass is 233 g/mol. The molecule has 4 heteroatoms. The van der Waals surface area contributed by atoms with Gasteiger partial charge in [-0.05, 0) is 13.8 Å². The SMILES string of the molecule is C#CCOc1nc(C(C)C)nc(NCC)c1C. The van der Waals surface area contributed by atoms with Gasteiger partial charge < -0.3 is 10.1 Å². The predicted octanol–water partition coefficient (Wildman–Crippen LogP) is 2.35. The molecule has 0 unspecified atom stereocenters. The first-order chi connectivity index (χ1) is 8.10. The zero-order valence-corrected chi connectivity index (χ0v) is 10.9. The van der Waals surface area contributed by atoms with Crippen molar-refractivity contribution < 1.29 is 4.74 Å². The lowest BCUT2D eigenvalue weighted by Crippen LogP contribution is -2.10. The number of ether oxygens (including phenoxy) is 1. The summed E-state index contributed by atoms with van der Waals surface area (Å²) in [6.45, 7) is 9.08. The fourth-order valence-electron chi connectivity index (χ4n) is 1.36. The lowest BCUT2D eigenvalue weighted by atomic mass is 10.2. The molecule has 0 aliphatic carbocycles. The van der Waals surface area contributed by atoms with E-state index in [1.165, 1.54) is 0 Å². The normalized spacial score (nSPS) is 10.1. The van der Waals surface area contributed by atoms with Crippen LogP contribution in [0.3, 0.4) is 0 Å². The Hall–Kier alpha value is -1.76. The van der Waals surface area contributed by atoms with Gasteiger partial charge in [0.05, 0.1) is 5.56 Å². The number of aromatic nitrogens is 2. The molecule has 1 aromatic rings. The Balaban J connectivity index is 3.13. The molecule has 1 rings (SSSR count). The van der Waals surface area contributed by atoms with Gasteiger partial charge in [0.1, 0.15) is 11.6 Å². The van der Waals surface area contributed by atoms with Crippen LogP contribution in [0.4, 0.5) is 5.82 Å². The fourth-order valence-corrected chi connectivity index (χ4v) is 1.36. The van der Waals surface area contributed by atoms with Gasteiger partial charge in [0.15, 0.2) is 6.61 Å². The summed E-state index contributed by atoms with van der Waals surface area (Å²) in [6, 6.07) is 0. The van der Waals surface area contributed by atoms with Crippen molar-refractivity contribution >= 4 is 5.82 Å². The summed E-state index contributed by atoms with van der Waals surface area (Å²) in [5.74, 6) is 4.84. The van der Waals surface area contributed by atoms with E-state index in [9.17, 15) is 0 Å². The molecule has 1 heterocycles. The quantitative estimate of drug-likeness (QED) is 0.793. The van der Waals surface area contributed by atoms with Gasteiger partial charge in [-0.1, -0.05) is 19.8 Å². The van der Waals surface area contributed by atoms with Crippen LogP contribution in [0, 0.1) is 19.3 Å². The van der Waals surface area contributed by atoms with Crippen LogP contribution in [0.2, 0.25) is 0 Å². The highest BCUT2D eigenvalue weighted by Crippen LogP contribution is 2.24. The van der Waals surface area contributed by atoms with Gasteiger partial charge in [0.2, 0.25) is 5.88 Å². The molecule has 0 aliphatic rings. The molecule has 4 nitrogen and oxygen atoms in total. The van der Waals surface area contributed by atoms with Crippen molar-refractivity contribution in [3.8, 4) is 18.2 Å². The molecule has 92 valence electrons. The largest absolute Gasteiger partial charge is 0.464 e. The second-order valence-corrected chi connectivity index (χ2v) is 4.04. The zero-order chi connectivity index (χ0) is 12.8. The molecule has 0 bridgehead atoms. The molecule has 0 saturated heterocycles. The summed E-state index contributed by atoms with van der Waals surface area (Å²) in [5, 5.41) is 3.21. The maximum absolute atomic E-state index is 5.44. The Morgan fingerprint density at radius 1 is 1.41 bits per heavy atom. The fraction of sp³-hybridized carbons (Fsp3) is 0.538. The first-order valence-corrected chi connectivity index (χ1v) is 5.78. The van der Waals surface area contributed by atoms with Crippen LogP contribution in [0.5, 0.6) is 5.88 Å². The van der Waals surface area contributed by atoms with E-state index in [0.29, 0.717) is 5.88 Å². The summed E-state index contributed by atoms with van der Waals surface area (Å²) in [4.78, 5) is 8.86. The van der Waals surface area contributed by atoms with Gasteiger partial charge in [0, 0.05) is 12.5 Å². The van der Waals surface area contributed by atoms with Gasteiger partial charge in [-0.15, -0.1) is 6.42 Å². The van der Waals surface area contributed by atoms with E-state index in [4.69, 9.17) is 11.2 Å². The molecule has 0 fully saturated rings. The van der Waals surface area contributed by atoms with Crippen LogP contribution >= 0.6 is 0 Å². The highest BCUT2D eigenvalue weighted by atomic mass is 16.5. The van der Waals surface area contributed by atoms with Crippen molar-refractivity contribution in [1.82, 2.24) is 9.97 Å². The number of terminal acetylenes is 1. The van der Waals surface area contributed by atoms with E-state index in [1.807, 2.05) is 27.7 Å². The summed E-state index contributed by atoms with van der Waals surface area (Å²) in [7, 11) is 0. The van der Waals surface area contributed by atoms with Crippen molar-refractivity contribution in [2.24, 2.45) is 0 Å². The first kappa shape index (κ1) is 13.3. The number of nitrogens with one attached hydrogen (secondary N) is 1. The number of hydrogen-bond donors (Lipinski definition) is 1. The minimum absolute atomic E-state index is 0.223. The summed E-state index contributed by atoms with van der Waals surface area (Å²) < 4.78 is 5.44. The lowest BCUT2D eigenvalue weighted by molar-refractivity contribution is 0.350. The molecule has 0 radical (unpaired) electrons. The maximum atomic E-state index is 5.44. The number of nitrogens with zero attached hydrogens (tertiary/aromatic N) is 2. The van der Waals surface area contributed by atoms with E-state index in [-0.39, 0.29) is 12.5 Å². The third-order valence-corrected chi connectivity index (χ3v) is 2.27. The van der Waals surface area contributed by atoms with Crippen LogP contribution in [-0.2, 0) is 0 Å². The number of rotatable bonds is 5. The van der Waals surface area contributed by atoms with Crippen molar-refractivity contribution in [1.29, 1.82) is 0 Å². The van der Waals surface area contributed by atoms with Crippen molar-refractivity contribution in [3.05, 3.63) is 11.4 Å². The van der Waals surface area contributed by atoms with Crippen molar-refractivity contribution in [3.63, 3.8) is 0 Å². The Morgan fingerprint density at radius 3 is 2.65 bits per heavy atom. The second-order valence-electron chi connectivity index (χ2n) is 4.04. The van der Waals surface area contributed by atoms with Gasteiger partial charge in [-0.25, -0.2) is 4.98 Å². The number of anilines is 1. The van der Waals surface area contributed by atoms with Crippen molar-refractivity contribution in [2.45, 2.75) is 33.6 Å². The average Bonchev–Trinajstić information content (AvgIpc) is 2.30. The molecule has 1 N–H and O–H groups in total. The molecule has 1 aromatic heterocycles. The van der Waals surface area contributed by atoms with E-state index < -0.39 is 0 Å². The lowest BCUT2D eigenvalue weighted by Gasteiger charge is -2.14. The molecular formula is C13H19N3O. The Kier molecular flexibility index (Phi) is 4.77. The van der Waals surface area contributed by atoms with E-state index in [2.05, 4.69) is 21.2 Å². The van der Waals surface area contributed by atoms with Crippen molar-refractivity contribution in [2.75, 3.05) is 18.5 Å². The van der Waals surface area contributed by atoms with Gasteiger partial charge in [0.25, 0.3) is 0 Å². The highest BCUT2D eigenvalue weighted by molar-refractivity contribution is 5.48. The van der Waals surface area contributed by atoms with E-state index in [0.717, 1.165) is 23.8 Å². The second kappa shape index (κ2) is 6.09. The molecule has 0 spiro atoms. The molecule has 0 aliphatic heterocycles. The summed E-state index contributed by atoms with van der Waals surface area (Å²) in [6.07, 6.45) is 5.19. The molecule has 17 heavy (non-hydrogen) atoms. The van der Waals surface area contributed by atoms with Gasteiger partial charge in [-0.3, -0.25) is 0 Å². The summed E-state index contributed by atoms with van der Waals surface area (Å²) in [5.41, 5.74) is 0.895. The predicted molar refractivity (Wildman–Crippen MR) is 69.3 cm³/mol. The minimum Gasteiger partial charge on any atom is -0.464 e.